The molecule has 3 nitrogen and oxygen atoms in total. The molecule has 0 atom stereocenters. The number of ether oxygens (including phenoxy) is 1. The van der Waals surface area contributed by atoms with Crippen LogP contribution in [0.3, 0.4) is 0 Å². The minimum Gasteiger partial charge on any atom is -0.379 e. The van der Waals surface area contributed by atoms with Crippen LogP contribution in [0.2, 0.25) is 0 Å². The maximum Gasteiger partial charge on any atom is 0.0594 e. The van der Waals surface area contributed by atoms with Gasteiger partial charge >= 0.3 is 0 Å². The lowest BCUT2D eigenvalue weighted by Gasteiger charge is -2.41. The van der Waals surface area contributed by atoms with Crippen LogP contribution in [0.4, 0.5) is 0 Å². The fourth-order valence-electron chi connectivity index (χ4n) is 1.85. The molecule has 3 heteroatoms. The third kappa shape index (κ3) is 3.56. The predicted octanol–water partition coefficient (Wildman–Crippen LogP) is 1.10. The summed E-state index contributed by atoms with van der Waals surface area (Å²) in [5.74, 6) is 0. The smallest absolute Gasteiger partial charge is 0.0594 e. The molecule has 0 radical (unpaired) electrons. The van der Waals surface area contributed by atoms with Crippen molar-refractivity contribution in [3.63, 3.8) is 0 Å². The lowest BCUT2D eigenvalue weighted by Crippen LogP contribution is -2.54. The van der Waals surface area contributed by atoms with E-state index in [0.717, 1.165) is 39.4 Å². The topological polar surface area (TPSA) is 24.5 Å². The Bertz CT molecular complexity index is 153. The summed E-state index contributed by atoms with van der Waals surface area (Å²) in [7, 11) is 0. The van der Waals surface area contributed by atoms with Crippen molar-refractivity contribution >= 4 is 0 Å². The van der Waals surface area contributed by atoms with Crippen LogP contribution in [0, 0.1) is 0 Å². The summed E-state index contributed by atoms with van der Waals surface area (Å²) in [6.45, 7) is 12.9. The maximum atomic E-state index is 5.36. The summed E-state index contributed by atoms with van der Waals surface area (Å²) in [5, 5.41) is 3.49. The average molecular weight is 200 g/mol. The second-order valence-corrected chi connectivity index (χ2v) is 4.59. The molecule has 0 spiro atoms. The summed E-state index contributed by atoms with van der Waals surface area (Å²) in [4.78, 5) is 2.51. The van der Waals surface area contributed by atoms with E-state index in [1.165, 1.54) is 6.42 Å². The molecule has 0 bridgehead atoms. The van der Waals surface area contributed by atoms with Gasteiger partial charge in [-0.1, -0.05) is 6.92 Å². The van der Waals surface area contributed by atoms with Gasteiger partial charge in [-0.25, -0.2) is 0 Å². The van der Waals surface area contributed by atoms with Gasteiger partial charge in [-0.05, 0) is 26.8 Å². The van der Waals surface area contributed by atoms with E-state index < -0.39 is 0 Å². The molecule has 1 saturated heterocycles. The first kappa shape index (κ1) is 12.0. The second kappa shape index (κ2) is 5.69. The maximum absolute atomic E-state index is 5.36. The van der Waals surface area contributed by atoms with Gasteiger partial charge in [0.15, 0.2) is 0 Å². The number of hydrogen-bond acceptors (Lipinski definition) is 3. The fraction of sp³-hybridized carbons (Fsp3) is 1.00. The van der Waals surface area contributed by atoms with Gasteiger partial charge in [-0.3, -0.25) is 4.90 Å². The molecule has 84 valence electrons. The van der Waals surface area contributed by atoms with Crippen LogP contribution in [0.25, 0.3) is 0 Å². The highest BCUT2D eigenvalue weighted by atomic mass is 16.5. The summed E-state index contributed by atoms with van der Waals surface area (Å²) in [6, 6.07) is 0. The van der Waals surface area contributed by atoms with E-state index in [0.29, 0.717) is 0 Å². The second-order valence-electron chi connectivity index (χ2n) is 4.59. The van der Waals surface area contributed by atoms with Crippen molar-refractivity contribution < 1.29 is 4.74 Å². The first-order valence-corrected chi connectivity index (χ1v) is 5.70. The van der Waals surface area contributed by atoms with Crippen LogP contribution in [0.1, 0.15) is 27.2 Å². The molecule has 0 aromatic carbocycles. The highest BCUT2D eigenvalue weighted by molar-refractivity contribution is 4.84. The minimum absolute atomic E-state index is 0.263. The lowest BCUT2D eigenvalue weighted by atomic mass is 10.0. The molecule has 0 unspecified atom stereocenters. The molecule has 1 rings (SSSR count). The van der Waals surface area contributed by atoms with Gasteiger partial charge < -0.3 is 10.1 Å². The highest BCUT2D eigenvalue weighted by Gasteiger charge is 2.27. The molecule has 1 fully saturated rings. The Morgan fingerprint density at radius 1 is 1.29 bits per heavy atom. The van der Waals surface area contributed by atoms with Gasteiger partial charge in [0, 0.05) is 25.2 Å². The van der Waals surface area contributed by atoms with Gasteiger partial charge in [0.2, 0.25) is 0 Å². The standard InChI is InChI=1S/C11H24N2O/c1-4-5-12-10-11(2,3)13-6-8-14-9-7-13/h12H,4-10H2,1-3H3. The van der Waals surface area contributed by atoms with Crippen molar-refractivity contribution in [3.8, 4) is 0 Å². The average Bonchev–Trinajstić information content (AvgIpc) is 2.19. The SMILES string of the molecule is CCCNCC(C)(C)N1CCOCC1. The van der Waals surface area contributed by atoms with Crippen molar-refractivity contribution in [1.29, 1.82) is 0 Å². The molecule has 1 aliphatic heterocycles. The molecule has 0 aromatic rings. The molecular formula is C11H24N2O. The third-order valence-electron chi connectivity index (χ3n) is 2.85. The number of rotatable bonds is 5. The third-order valence-corrected chi connectivity index (χ3v) is 2.85. The van der Waals surface area contributed by atoms with Gasteiger partial charge in [-0.15, -0.1) is 0 Å². The Labute approximate surface area is 87.8 Å². The van der Waals surface area contributed by atoms with E-state index in [2.05, 4.69) is 31.0 Å². The Morgan fingerprint density at radius 3 is 2.50 bits per heavy atom. The predicted molar refractivity (Wildman–Crippen MR) is 59.6 cm³/mol. The van der Waals surface area contributed by atoms with Crippen molar-refractivity contribution in [2.75, 3.05) is 39.4 Å². The number of nitrogens with one attached hydrogen (secondary N) is 1. The van der Waals surface area contributed by atoms with Gasteiger partial charge in [0.1, 0.15) is 0 Å². The van der Waals surface area contributed by atoms with Gasteiger partial charge in [0.05, 0.1) is 13.2 Å². The molecule has 14 heavy (non-hydrogen) atoms. The van der Waals surface area contributed by atoms with Crippen molar-refractivity contribution in [2.24, 2.45) is 0 Å². The first-order chi connectivity index (χ1) is 6.67. The Kier molecular flexibility index (Phi) is 4.85. The van der Waals surface area contributed by atoms with Crippen LogP contribution in [-0.4, -0.2) is 49.8 Å². The quantitative estimate of drug-likeness (QED) is 0.673. The molecule has 0 saturated carbocycles. The van der Waals surface area contributed by atoms with Gasteiger partial charge in [-0.2, -0.15) is 0 Å². The molecule has 1 heterocycles. The van der Waals surface area contributed by atoms with E-state index >= 15 is 0 Å². The molecule has 0 aromatic heterocycles. The van der Waals surface area contributed by atoms with Crippen molar-refractivity contribution in [2.45, 2.75) is 32.7 Å². The summed E-state index contributed by atoms with van der Waals surface area (Å²) in [6.07, 6.45) is 1.21. The van der Waals surface area contributed by atoms with Gasteiger partial charge in [0.25, 0.3) is 0 Å². The van der Waals surface area contributed by atoms with E-state index in [9.17, 15) is 0 Å². The molecule has 1 N–H and O–H groups in total. The zero-order valence-corrected chi connectivity index (χ0v) is 9.81. The minimum atomic E-state index is 0.263. The number of hydrogen-bond donors (Lipinski definition) is 1. The van der Waals surface area contributed by atoms with Crippen LogP contribution >= 0.6 is 0 Å². The first-order valence-electron chi connectivity index (χ1n) is 5.70. The Morgan fingerprint density at radius 2 is 1.93 bits per heavy atom. The normalized spacial score (nSPS) is 19.9. The summed E-state index contributed by atoms with van der Waals surface area (Å²) >= 11 is 0. The van der Waals surface area contributed by atoms with Crippen molar-refractivity contribution in [1.82, 2.24) is 10.2 Å². The van der Waals surface area contributed by atoms with E-state index in [4.69, 9.17) is 4.74 Å². The summed E-state index contributed by atoms with van der Waals surface area (Å²) in [5.41, 5.74) is 0.263. The van der Waals surface area contributed by atoms with Crippen LogP contribution in [0.15, 0.2) is 0 Å². The molecular weight excluding hydrogens is 176 g/mol. The fourth-order valence-corrected chi connectivity index (χ4v) is 1.85. The largest absolute Gasteiger partial charge is 0.379 e. The van der Waals surface area contributed by atoms with E-state index in [1.807, 2.05) is 0 Å². The number of nitrogens with zero attached hydrogens (tertiary/aromatic N) is 1. The zero-order valence-electron chi connectivity index (χ0n) is 9.81. The monoisotopic (exact) mass is 200 g/mol. The van der Waals surface area contributed by atoms with E-state index in [-0.39, 0.29) is 5.54 Å². The number of morpholine rings is 1. The zero-order chi connectivity index (χ0) is 10.4. The van der Waals surface area contributed by atoms with Crippen LogP contribution < -0.4 is 5.32 Å². The highest BCUT2D eigenvalue weighted by Crippen LogP contribution is 2.14. The van der Waals surface area contributed by atoms with E-state index in [1.54, 1.807) is 0 Å². The van der Waals surface area contributed by atoms with Crippen LogP contribution in [-0.2, 0) is 4.74 Å². The Hall–Kier alpha value is -0.120. The molecule has 0 aliphatic carbocycles. The van der Waals surface area contributed by atoms with Crippen molar-refractivity contribution in [3.05, 3.63) is 0 Å². The summed E-state index contributed by atoms with van der Waals surface area (Å²) < 4.78 is 5.36. The lowest BCUT2D eigenvalue weighted by molar-refractivity contribution is -0.00950. The van der Waals surface area contributed by atoms with Crippen LogP contribution in [0.5, 0.6) is 0 Å². The molecule has 0 amide bonds. The Balaban J connectivity index is 2.29. The molecule has 1 aliphatic rings.